The van der Waals surface area contributed by atoms with E-state index in [1.807, 2.05) is 6.08 Å². The fraction of sp³-hybridized carbons (Fsp3) is 0.333. The number of anilines is 3. The van der Waals surface area contributed by atoms with Gasteiger partial charge in [-0.15, -0.1) is 0 Å². The van der Waals surface area contributed by atoms with Crippen LogP contribution in [0.2, 0.25) is 0 Å². The quantitative estimate of drug-likeness (QED) is 0.694. The zero-order valence-corrected chi connectivity index (χ0v) is 14.7. The predicted octanol–water partition coefficient (Wildman–Crippen LogP) is 1.75. The summed E-state index contributed by atoms with van der Waals surface area (Å²) in [6, 6.07) is 3.04. The maximum atomic E-state index is 15.1. The average molecular weight is 370 g/mol. The van der Waals surface area contributed by atoms with Crippen molar-refractivity contribution in [1.82, 2.24) is 19.9 Å². The summed E-state index contributed by atoms with van der Waals surface area (Å²) < 4.78 is 16.3. The zero-order valence-electron chi connectivity index (χ0n) is 14.7. The number of aromatic nitrogens is 3. The number of amides is 1. The number of hydrogen-bond acceptors (Lipinski definition) is 6. The van der Waals surface area contributed by atoms with Crippen LogP contribution in [0.5, 0.6) is 0 Å². The van der Waals surface area contributed by atoms with Crippen molar-refractivity contribution in [2.45, 2.75) is 38.0 Å². The van der Waals surface area contributed by atoms with Crippen molar-refractivity contribution < 1.29 is 9.18 Å². The molecule has 4 N–H and O–H groups in total. The second-order valence-corrected chi connectivity index (χ2v) is 6.76. The number of carbonyl (C=O) groups is 1. The summed E-state index contributed by atoms with van der Waals surface area (Å²) in [6.07, 6.45) is 4.85. The Morgan fingerprint density at radius 1 is 1.37 bits per heavy atom. The molecule has 0 radical (unpaired) electrons. The van der Waals surface area contributed by atoms with Crippen molar-refractivity contribution in [3.05, 3.63) is 52.2 Å². The van der Waals surface area contributed by atoms with E-state index in [9.17, 15) is 9.59 Å². The number of nitrogens with zero attached hydrogens (tertiary/aromatic N) is 3. The topological polar surface area (TPSA) is 115 Å². The molecular weight excluding hydrogens is 351 g/mol. The van der Waals surface area contributed by atoms with Crippen LogP contribution >= 0.6 is 0 Å². The molecule has 4 rings (SSSR count). The van der Waals surface area contributed by atoms with Crippen LogP contribution in [0.3, 0.4) is 0 Å². The van der Waals surface area contributed by atoms with Gasteiger partial charge in [0.25, 0.3) is 11.5 Å². The number of halogens is 1. The molecule has 0 fully saturated rings. The summed E-state index contributed by atoms with van der Waals surface area (Å²) in [6.45, 7) is 1.71. The maximum absolute atomic E-state index is 15.1. The molecule has 2 unspecified atom stereocenters. The van der Waals surface area contributed by atoms with Gasteiger partial charge in [0.1, 0.15) is 35.5 Å². The number of rotatable bonds is 2. The highest BCUT2D eigenvalue weighted by Gasteiger charge is 2.49. The average Bonchev–Trinajstić information content (AvgIpc) is 2.81. The van der Waals surface area contributed by atoms with Gasteiger partial charge in [0.15, 0.2) is 5.66 Å². The Morgan fingerprint density at radius 2 is 2.19 bits per heavy atom. The molecule has 1 amide bonds. The third kappa shape index (κ3) is 2.66. The molecule has 2 aliphatic rings. The van der Waals surface area contributed by atoms with E-state index in [2.05, 4.69) is 20.6 Å². The summed E-state index contributed by atoms with van der Waals surface area (Å²) >= 11 is 0. The molecule has 140 valence electrons. The van der Waals surface area contributed by atoms with Gasteiger partial charge in [-0.25, -0.2) is 14.4 Å². The van der Waals surface area contributed by atoms with Gasteiger partial charge in [-0.05, 0) is 43.9 Å². The van der Waals surface area contributed by atoms with E-state index in [1.54, 1.807) is 19.1 Å². The summed E-state index contributed by atoms with van der Waals surface area (Å²) in [4.78, 5) is 33.6. The molecular formula is C18H19FN6O2. The van der Waals surface area contributed by atoms with Crippen molar-refractivity contribution in [3.63, 3.8) is 0 Å². The van der Waals surface area contributed by atoms with Gasteiger partial charge < -0.3 is 16.4 Å². The van der Waals surface area contributed by atoms with Crippen LogP contribution in [0.4, 0.5) is 21.7 Å². The normalized spacial score (nSPS) is 23.8. The molecule has 1 spiro atoms. The van der Waals surface area contributed by atoms with Crippen LogP contribution in [0.1, 0.15) is 35.3 Å². The van der Waals surface area contributed by atoms with Crippen molar-refractivity contribution in [1.29, 1.82) is 0 Å². The SMILES string of the molecule is Cc1cc(Nc2cc(N)ncn2)c(=O)n2c1C(=O)NC21C=CCCCC1F. The Morgan fingerprint density at radius 3 is 2.96 bits per heavy atom. The molecule has 9 heteroatoms. The molecule has 2 aromatic rings. The van der Waals surface area contributed by atoms with Gasteiger partial charge in [0.2, 0.25) is 0 Å². The zero-order chi connectivity index (χ0) is 19.2. The van der Waals surface area contributed by atoms with Crippen molar-refractivity contribution in [2.75, 3.05) is 11.1 Å². The van der Waals surface area contributed by atoms with E-state index >= 15 is 4.39 Å². The third-order valence-corrected chi connectivity index (χ3v) is 4.92. The number of hydrogen-bond donors (Lipinski definition) is 3. The number of pyridine rings is 1. The first-order valence-corrected chi connectivity index (χ1v) is 8.68. The van der Waals surface area contributed by atoms with Gasteiger partial charge in [-0.1, -0.05) is 6.08 Å². The largest absolute Gasteiger partial charge is 0.384 e. The molecule has 27 heavy (non-hydrogen) atoms. The number of nitrogens with two attached hydrogens (primary N) is 1. The number of nitrogen functional groups attached to an aromatic ring is 1. The Hall–Kier alpha value is -3.23. The van der Waals surface area contributed by atoms with Crippen LogP contribution in [0.15, 0.2) is 35.4 Å². The minimum absolute atomic E-state index is 0.168. The summed E-state index contributed by atoms with van der Waals surface area (Å²) in [5.74, 6) is 0.116. The highest BCUT2D eigenvalue weighted by atomic mass is 19.1. The fourth-order valence-electron chi connectivity index (χ4n) is 3.68. The van der Waals surface area contributed by atoms with Crippen molar-refractivity contribution >= 4 is 23.2 Å². The van der Waals surface area contributed by atoms with Crippen LogP contribution in [-0.4, -0.2) is 26.6 Å². The Kier molecular flexibility index (Phi) is 3.94. The highest BCUT2D eigenvalue weighted by Crippen LogP contribution is 2.35. The molecule has 0 saturated carbocycles. The Balaban J connectivity index is 1.90. The summed E-state index contributed by atoms with van der Waals surface area (Å²) in [5.41, 5.74) is 4.53. The fourth-order valence-corrected chi connectivity index (χ4v) is 3.68. The van der Waals surface area contributed by atoms with E-state index < -0.39 is 23.3 Å². The lowest BCUT2D eigenvalue weighted by molar-refractivity contribution is 0.0851. The standard InChI is InChI=1S/C18H19FN6O2/c1-10-7-11(23-14-8-13(20)21-9-22-14)17(27)25-15(10)16(26)24-18(25)6-4-2-3-5-12(18)19/h4,6-9,12H,2-3,5H2,1H3,(H,24,26)(H3,20,21,22,23). The first-order chi connectivity index (χ1) is 12.9. The number of aryl methyl sites for hydroxylation is 1. The Bertz CT molecular complexity index is 1020. The first kappa shape index (κ1) is 17.2. The van der Waals surface area contributed by atoms with Gasteiger partial charge in [-0.2, -0.15) is 0 Å². The minimum Gasteiger partial charge on any atom is -0.384 e. The lowest BCUT2D eigenvalue weighted by Crippen LogP contribution is -2.52. The van der Waals surface area contributed by atoms with Gasteiger partial charge >= 0.3 is 0 Å². The lowest BCUT2D eigenvalue weighted by atomic mass is 10.0. The molecule has 8 nitrogen and oxygen atoms in total. The number of carbonyl (C=O) groups excluding carboxylic acids is 1. The highest BCUT2D eigenvalue weighted by molar-refractivity contribution is 5.97. The monoisotopic (exact) mass is 370 g/mol. The molecule has 0 bridgehead atoms. The summed E-state index contributed by atoms with van der Waals surface area (Å²) in [5, 5.41) is 5.60. The molecule has 1 aliphatic carbocycles. The molecule has 2 aromatic heterocycles. The number of allylic oxidation sites excluding steroid dienone is 1. The van der Waals surface area contributed by atoms with Gasteiger partial charge in [-0.3, -0.25) is 14.2 Å². The minimum atomic E-state index is -1.51. The molecule has 0 aromatic carbocycles. The number of alkyl halides is 1. The van der Waals surface area contributed by atoms with Gasteiger partial charge in [0, 0.05) is 6.07 Å². The van der Waals surface area contributed by atoms with Crippen LogP contribution in [-0.2, 0) is 5.66 Å². The smallest absolute Gasteiger partial charge is 0.277 e. The van der Waals surface area contributed by atoms with Crippen molar-refractivity contribution in [2.24, 2.45) is 0 Å². The van der Waals surface area contributed by atoms with E-state index in [0.717, 1.165) is 0 Å². The lowest BCUT2D eigenvalue weighted by Gasteiger charge is -2.31. The molecule has 0 saturated heterocycles. The number of nitrogens with one attached hydrogen (secondary N) is 2. The Labute approximate surface area is 154 Å². The molecule has 3 heterocycles. The predicted molar refractivity (Wildman–Crippen MR) is 98.5 cm³/mol. The van der Waals surface area contributed by atoms with Crippen molar-refractivity contribution in [3.8, 4) is 0 Å². The van der Waals surface area contributed by atoms with Crippen LogP contribution in [0.25, 0.3) is 0 Å². The van der Waals surface area contributed by atoms with E-state index in [-0.39, 0.29) is 23.6 Å². The summed E-state index contributed by atoms with van der Waals surface area (Å²) in [7, 11) is 0. The molecule has 2 atom stereocenters. The first-order valence-electron chi connectivity index (χ1n) is 8.68. The van der Waals surface area contributed by atoms with Gasteiger partial charge in [0.05, 0.1) is 0 Å². The second-order valence-electron chi connectivity index (χ2n) is 6.76. The maximum Gasteiger partial charge on any atom is 0.277 e. The second kappa shape index (κ2) is 6.19. The van der Waals surface area contributed by atoms with Crippen LogP contribution < -0.4 is 21.9 Å². The number of fused-ring (bicyclic) bond motifs is 2. The third-order valence-electron chi connectivity index (χ3n) is 4.92. The van der Waals surface area contributed by atoms with Crippen LogP contribution in [0, 0.1) is 6.92 Å². The van der Waals surface area contributed by atoms with E-state index in [4.69, 9.17) is 5.73 Å². The van der Waals surface area contributed by atoms with E-state index in [0.29, 0.717) is 24.2 Å². The molecule has 1 aliphatic heterocycles. The van der Waals surface area contributed by atoms with E-state index in [1.165, 1.54) is 17.0 Å².